The van der Waals surface area contributed by atoms with Gasteiger partial charge in [-0.1, -0.05) is 13.8 Å². The summed E-state index contributed by atoms with van der Waals surface area (Å²) in [7, 11) is 0. The Balaban J connectivity index is 2.49. The van der Waals surface area contributed by atoms with Crippen molar-refractivity contribution in [2.24, 2.45) is 0 Å². The zero-order valence-corrected chi connectivity index (χ0v) is 13.3. The summed E-state index contributed by atoms with van der Waals surface area (Å²) >= 11 is 0. The van der Waals surface area contributed by atoms with Crippen LogP contribution >= 0.6 is 0 Å². The number of likely N-dealkylation sites (N-methyl/N-ethyl adjacent to an activating group) is 1. The SMILES string of the molecule is CCNC(CC)(CCCN1CC(C)OCC1C)C(=O)O. The first-order valence-corrected chi connectivity index (χ1v) is 7.79. The van der Waals surface area contributed by atoms with Crippen LogP contribution in [0.3, 0.4) is 0 Å². The Hall–Kier alpha value is -0.650. The third-order valence-electron chi connectivity index (χ3n) is 4.31. The van der Waals surface area contributed by atoms with E-state index in [1.807, 2.05) is 13.8 Å². The number of rotatable bonds is 8. The highest BCUT2D eigenvalue weighted by Crippen LogP contribution is 2.20. The van der Waals surface area contributed by atoms with Gasteiger partial charge in [-0.3, -0.25) is 9.69 Å². The molecule has 5 nitrogen and oxygen atoms in total. The molecule has 0 bridgehead atoms. The molecule has 1 rings (SSSR count). The van der Waals surface area contributed by atoms with Gasteiger partial charge in [-0.2, -0.15) is 0 Å². The third kappa shape index (κ3) is 4.43. The Labute approximate surface area is 122 Å². The zero-order chi connectivity index (χ0) is 15.2. The molecule has 1 aliphatic rings. The highest BCUT2D eigenvalue weighted by atomic mass is 16.5. The highest BCUT2D eigenvalue weighted by Gasteiger charge is 2.35. The van der Waals surface area contributed by atoms with E-state index in [0.717, 1.165) is 26.1 Å². The van der Waals surface area contributed by atoms with E-state index in [2.05, 4.69) is 24.1 Å². The largest absolute Gasteiger partial charge is 0.480 e. The Bertz CT molecular complexity index is 311. The molecule has 1 heterocycles. The molecule has 0 aliphatic carbocycles. The molecule has 0 aromatic carbocycles. The first-order chi connectivity index (χ1) is 9.45. The van der Waals surface area contributed by atoms with Gasteiger partial charge in [0.05, 0.1) is 12.7 Å². The van der Waals surface area contributed by atoms with Gasteiger partial charge in [0, 0.05) is 12.6 Å². The number of hydrogen-bond acceptors (Lipinski definition) is 4. The van der Waals surface area contributed by atoms with Gasteiger partial charge >= 0.3 is 5.97 Å². The zero-order valence-electron chi connectivity index (χ0n) is 13.3. The molecular formula is C15H30N2O3. The maximum absolute atomic E-state index is 11.5. The number of ether oxygens (including phenoxy) is 1. The van der Waals surface area contributed by atoms with E-state index < -0.39 is 11.5 Å². The van der Waals surface area contributed by atoms with E-state index in [-0.39, 0.29) is 6.10 Å². The lowest BCUT2D eigenvalue weighted by Crippen LogP contribution is -2.52. The molecule has 3 unspecified atom stereocenters. The molecule has 0 aromatic heterocycles. The van der Waals surface area contributed by atoms with Crippen molar-refractivity contribution >= 4 is 5.97 Å². The molecule has 1 fully saturated rings. The van der Waals surface area contributed by atoms with E-state index in [0.29, 0.717) is 25.4 Å². The van der Waals surface area contributed by atoms with Crippen LogP contribution in [0, 0.1) is 0 Å². The fourth-order valence-electron chi connectivity index (χ4n) is 2.93. The van der Waals surface area contributed by atoms with Crippen LogP contribution in [-0.2, 0) is 9.53 Å². The molecule has 2 N–H and O–H groups in total. The number of nitrogens with one attached hydrogen (secondary N) is 1. The minimum absolute atomic E-state index is 0.273. The molecule has 20 heavy (non-hydrogen) atoms. The number of carbonyl (C=O) groups is 1. The summed E-state index contributed by atoms with van der Waals surface area (Å²) in [6.07, 6.45) is 2.45. The lowest BCUT2D eigenvalue weighted by molar-refractivity contribution is -0.145. The van der Waals surface area contributed by atoms with Crippen LogP contribution in [0.1, 0.15) is 47.0 Å². The second-order valence-electron chi connectivity index (χ2n) is 5.86. The summed E-state index contributed by atoms with van der Waals surface area (Å²) in [5.41, 5.74) is -0.768. The number of nitrogens with zero attached hydrogens (tertiary/aromatic N) is 1. The second kappa shape index (κ2) is 7.96. The summed E-state index contributed by atoms with van der Waals surface area (Å²) in [6, 6.07) is 0.422. The number of morpholine rings is 1. The lowest BCUT2D eigenvalue weighted by atomic mass is 9.90. The summed E-state index contributed by atoms with van der Waals surface area (Å²) in [5, 5.41) is 12.6. The maximum Gasteiger partial charge on any atom is 0.323 e. The van der Waals surface area contributed by atoms with Gasteiger partial charge in [-0.25, -0.2) is 0 Å². The smallest absolute Gasteiger partial charge is 0.323 e. The Morgan fingerprint density at radius 1 is 1.45 bits per heavy atom. The molecule has 0 amide bonds. The van der Waals surface area contributed by atoms with Crippen LogP contribution in [0.25, 0.3) is 0 Å². The van der Waals surface area contributed by atoms with Crippen LogP contribution in [0.2, 0.25) is 0 Å². The predicted octanol–water partition coefficient (Wildman–Crippen LogP) is 1.72. The number of hydrogen-bond donors (Lipinski definition) is 2. The Kier molecular flexibility index (Phi) is 6.92. The van der Waals surface area contributed by atoms with Crippen molar-refractivity contribution in [3.8, 4) is 0 Å². The van der Waals surface area contributed by atoms with Gasteiger partial charge < -0.3 is 15.2 Å². The van der Waals surface area contributed by atoms with E-state index in [9.17, 15) is 9.90 Å². The van der Waals surface area contributed by atoms with Crippen molar-refractivity contribution in [2.75, 3.05) is 26.2 Å². The minimum atomic E-state index is -0.768. The van der Waals surface area contributed by atoms with Crippen LogP contribution in [0.5, 0.6) is 0 Å². The van der Waals surface area contributed by atoms with Gasteiger partial charge in [0.25, 0.3) is 0 Å². The Morgan fingerprint density at radius 2 is 2.15 bits per heavy atom. The van der Waals surface area contributed by atoms with Crippen LogP contribution in [0.15, 0.2) is 0 Å². The van der Waals surface area contributed by atoms with Crippen molar-refractivity contribution in [1.82, 2.24) is 10.2 Å². The summed E-state index contributed by atoms with van der Waals surface area (Å²) in [4.78, 5) is 14.0. The average molecular weight is 286 g/mol. The molecule has 0 aromatic rings. The molecule has 1 saturated heterocycles. The molecule has 5 heteroatoms. The molecular weight excluding hydrogens is 256 g/mol. The summed E-state index contributed by atoms with van der Waals surface area (Å²) < 4.78 is 5.62. The van der Waals surface area contributed by atoms with E-state index in [4.69, 9.17) is 4.74 Å². The van der Waals surface area contributed by atoms with Gasteiger partial charge in [0.1, 0.15) is 5.54 Å². The van der Waals surface area contributed by atoms with Crippen molar-refractivity contribution in [3.63, 3.8) is 0 Å². The van der Waals surface area contributed by atoms with Crippen LogP contribution < -0.4 is 5.32 Å². The average Bonchev–Trinajstić information content (AvgIpc) is 2.41. The van der Waals surface area contributed by atoms with Crippen LogP contribution in [-0.4, -0.2) is 59.9 Å². The fraction of sp³-hybridized carbons (Fsp3) is 0.933. The molecule has 0 spiro atoms. The number of carboxylic acids is 1. The van der Waals surface area contributed by atoms with E-state index in [1.54, 1.807) is 0 Å². The fourth-order valence-corrected chi connectivity index (χ4v) is 2.93. The first-order valence-electron chi connectivity index (χ1n) is 7.79. The van der Waals surface area contributed by atoms with E-state index >= 15 is 0 Å². The summed E-state index contributed by atoms with van der Waals surface area (Å²) in [5.74, 6) is -0.731. The number of aliphatic carboxylic acids is 1. The predicted molar refractivity (Wildman–Crippen MR) is 80.0 cm³/mol. The molecule has 118 valence electrons. The standard InChI is InChI=1S/C15H30N2O3/c1-5-15(14(18)19,16-6-2)8-7-9-17-10-13(4)20-11-12(17)3/h12-13,16H,5-11H2,1-4H3,(H,18,19). The van der Waals surface area contributed by atoms with Gasteiger partial charge in [0.15, 0.2) is 0 Å². The first kappa shape index (κ1) is 17.4. The lowest BCUT2D eigenvalue weighted by Gasteiger charge is -2.37. The second-order valence-corrected chi connectivity index (χ2v) is 5.86. The molecule has 3 atom stereocenters. The third-order valence-corrected chi connectivity index (χ3v) is 4.31. The summed E-state index contributed by atoms with van der Waals surface area (Å²) in [6.45, 7) is 11.5. The van der Waals surface area contributed by atoms with Gasteiger partial charge in [-0.05, 0) is 46.2 Å². The minimum Gasteiger partial charge on any atom is -0.480 e. The quantitative estimate of drug-likeness (QED) is 0.711. The maximum atomic E-state index is 11.5. The normalized spacial score (nSPS) is 27.2. The van der Waals surface area contributed by atoms with Gasteiger partial charge in [0.2, 0.25) is 0 Å². The topological polar surface area (TPSA) is 61.8 Å². The van der Waals surface area contributed by atoms with Crippen molar-refractivity contribution in [1.29, 1.82) is 0 Å². The highest BCUT2D eigenvalue weighted by molar-refractivity contribution is 5.78. The molecule has 1 aliphatic heterocycles. The number of carboxylic acid groups (broad SMARTS) is 1. The Morgan fingerprint density at radius 3 is 2.70 bits per heavy atom. The molecule has 0 saturated carbocycles. The van der Waals surface area contributed by atoms with Crippen molar-refractivity contribution in [3.05, 3.63) is 0 Å². The van der Waals surface area contributed by atoms with E-state index in [1.165, 1.54) is 0 Å². The molecule has 0 radical (unpaired) electrons. The van der Waals surface area contributed by atoms with Crippen LogP contribution in [0.4, 0.5) is 0 Å². The van der Waals surface area contributed by atoms with Gasteiger partial charge in [-0.15, -0.1) is 0 Å². The monoisotopic (exact) mass is 286 g/mol. The van der Waals surface area contributed by atoms with Crippen molar-refractivity contribution in [2.45, 2.75) is 64.6 Å². The van der Waals surface area contributed by atoms with Crippen molar-refractivity contribution < 1.29 is 14.6 Å².